The molecule has 2 aliphatic heterocycles. The number of pyridine rings is 1. The van der Waals surface area contributed by atoms with E-state index in [9.17, 15) is 0 Å². The number of ether oxygens (including phenoxy) is 4. The van der Waals surface area contributed by atoms with Gasteiger partial charge in [-0.3, -0.25) is 4.57 Å². The SMILES string of the molecule is COC[C@]12O[C@@H](n3cnc4c(N)ccnc43)[C@@H](OC1C)C2OC. The first-order valence-electron chi connectivity index (χ1n) is 7.54. The molecule has 2 bridgehead atoms. The number of aromatic nitrogens is 3. The molecule has 2 N–H and O–H groups in total. The summed E-state index contributed by atoms with van der Waals surface area (Å²) in [4.78, 5) is 8.73. The lowest BCUT2D eigenvalue weighted by molar-refractivity contribution is -0.220. The lowest BCUT2D eigenvalue weighted by atomic mass is 9.94. The summed E-state index contributed by atoms with van der Waals surface area (Å²) in [5, 5.41) is 0. The largest absolute Gasteiger partial charge is 0.397 e. The molecule has 2 aromatic heterocycles. The van der Waals surface area contributed by atoms with E-state index < -0.39 is 5.60 Å². The van der Waals surface area contributed by atoms with Crippen molar-refractivity contribution < 1.29 is 18.9 Å². The van der Waals surface area contributed by atoms with Gasteiger partial charge in [0.25, 0.3) is 0 Å². The topological polar surface area (TPSA) is 93.7 Å². The Morgan fingerprint density at radius 1 is 1.39 bits per heavy atom. The number of nitrogen functional groups attached to an aromatic ring is 1. The van der Waals surface area contributed by atoms with Crippen LogP contribution in [0.15, 0.2) is 18.6 Å². The number of methoxy groups -OCH3 is 2. The van der Waals surface area contributed by atoms with Gasteiger partial charge in [0.1, 0.15) is 23.3 Å². The molecule has 0 aliphatic carbocycles. The van der Waals surface area contributed by atoms with Crippen molar-refractivity contribution >= 4 is 16.9 Å². The molecule has 23 heavy (non-hydrogen) atoms. The van der Waals surface area contributed by atoms with Crippen molar-refractivity contribution in [2.24, 2.45) is 0 Å². The fourth-order valence-corrected chi connectivity index (χ4v) is 3.75. The summed E-state index contributed by atoms with van der Waals surface area (Å²) in [6.07, 6.45) is 2.35. The molecule has 0 aromatic carbocycles. The Labute approximate surface area is 133 Å². The first kappa shape index (κ1) is 14.8. The second-order valence-electron chi connectivity index (χ2n) is 6.02. The van der Waals surface area contributed by atoms with E-state index in [-0.39, 0.29) is 24.5 Å². The van der Waals surface area contributed by atoms with Gasteiger partial charge in [-0.2, -0.15) is 0 Å². The van der Waals surface area contributed by atoms with Gasteiger partial charge in [0, 0.05) is 20.4 Å². The summed E-state index contributed by atoms with van der Waals surface area (Å²) in [6.45, 7) is 2.37. The van der Waals surface area contributed by atoms with E-state index in [1.54, 1.807) is 32.8 Å². The highest BCUT2D eigenvalue weighted by Crippen LogP contribution is 2.50. The molecular formula is C15H20N4O4. The van der Waals surface area contributed by atoms with Gasteiger partial charge in [0.2, 0.25) is 0 Å². The molecule has 5 atom stereocenters. The number of nitrogens with two attached hydrogens (primary N) is 1. The van der Waals surface area contributed by atoms with Crippen molar-refractivity contribution in [2.75, 3.05) is 26.6 Å². The number of fused-ring (bicyclic) bond motifs is 3. The van der Waals surface area contributed by atoms with E-state index in [2.05, 4.69) is 9.97 Å². The van der Waals surface area contributed by atoms with E-state index in [1.165, 1.54) is 0 Å². The lowest BCUT2D eigenvalue weighted by Crippen LogP contribution is -2.50. The van der Waals surface area contributed by atoms with Gasteiger partial charge in [-0.05, 0) is 13.0 Å². The summed E-state index contributed by atoms with van der Waals surface area (Å²) >= 11 is 0. The highest BCUT2D eigenvalue weighted by Gasteiger charge is 2.66. The van der Waals surface area contributed by atoms with E-state index >= 15 is 0 Å². The number of rotatable bonds is 4. The summed E-state index contributed by atoms with van der Waals surface area (Å²) in [6, 6.07) is 1.73. The lowest BCUT2D eigenvalue weighted by Gasteiger charge is -2.35. The first-order chi connectivity index (χ1) is 11.1. The average molecular weight is 320 g/mol. The van der Waals surface area contributed by atoms with E-state index in [1.807, 2.05) is 11.5 Å². The Balaban J connectivity index is 1.78. The van der Waals surface area contributed by atoms with Crippen molar-refractivity contribution in [1.82, 2.24) is 14.5 Å². The van der Waals surface area contributed by atoms with Crippen LogP contribution in [-0.4, -0.2) is 59.3 Å². The standard InChI is InChI=1S/C15H20N4O4/c1-8-15(6-20-2)12(21-3)11(22-8)14(23-15)19-7-18-10-9(16)4-5-17-13(10)19/h4-5,7-8,11-12,14H,6H2,1-3H3,(H2,16,17)/t8?,11-,12?,14+,15-/m0/s1. The van der Waals surface area contributed by atoms with Gasteiger partial charge in [-0.15, -0.1) is 0 Å². The van der Waals surface area contributed by atoms with Crippen LogP contribution in [0.5, 0.6) is 0 Å². The Morgan fingerprint density at radius 3 is 2.96 bits per heavy atom. The molecule has 2 aromatic rings. The van der Waals surface area contributed by atoms with Crippen molar-refractivity contribution in [3.63, 3.8) is 0 Å². The van der Waals surface area contributed by atoms with Crippen LogP contribution < -0.4 is 5.73 Å². The normalized spacial score (nSPS) is 36.1. The molecule has 8 heteroatoms. The maximum Gasteiger partial charge on any atom is 0.166 e. The molecule has 124 valence electrons. The molecule has 0 saturated carbocycles. The molecule has 0 radical (unpaired) electrons. The minimum absolute atomic E-state index is 0.124. The van der Waals surface area contributed by atoms with Crippen molar-refractivity contribution in [2.45, 2.75) is 37.1 Å². The Morgan fingerprint density at radius 2 is 2.22 bits per heavy atom. The third-order valence-corrected chi connectivity index (χ3v) is 4.84. The number of hydrogen-bond donors (Lipinski definition) is 1. The zero-order valence-corrected chi connectivity index (χ0v) is 13.3. The first-order valence-corrected chi connectivity index (χ1v) is 7.54. The Hall–Kier alpha value is -1.74. The van der Waals surface area contributed by atoms with Gasteiger partial charge in [-0.1, -0.05) is 0 Å². The van der Waals surface area contributed by atoms with Crippen molar-refractivity contribution in [3.8, 4) is 0 Å². The van der Waals surface area contributed by atoms with Gasteiger partial charge in [0.15, 0.2) is 11.9 Å². The summed E-state index contributed by atoms with van der Waals surface area (Å²) in [7, 11) is 3.31. The van der Waals surface area contributed by atoms with Gasteiger partial charge in [0.05, 0.1) is 24.7 Å². The molecule has 4 heterocycles. The highest BCUT2D eigenvalue weighted by atomic mass is 16.7. The summed E-state index contributed by atoms with van der Waals surface area (Å²) in [5.74, 6) is 0. The van der Waals surface area contributed by atoms with Crippen LogP contribution in [0.4, 0.5) is 5.69 Å². The highest BCUT2D eigenvalue weighted by molar-refractivity contribution is 5.83. The Kier molecular flexibility index (Phi) is 3.31. The molecule has 2 fully saturated rings. The Bertz CT molecular complexity index is 735. The van der Waals surface area contributed by atoms with Crippen molar-refractivity contribution in [1.29, 1.82) is 0 Å². The van der Waals surface area contributed by atoms with Crippen LogP contribution in [0.1, 0.15) is 13.2 Å². The maximum absolute atomic E-state index is 6.36. The zero-order chi connectivity index (χ0) is 16.2. The molecule has 2 saturated heterocycles. The van der Waals surface area contributed by atoms with Crippen LogP contribution >= 0.6 is 0 Å². The number of hydrogen-bond acceptors (Lipinski definition) is 7. The van der Waals surface area contributed by atoms with E-state index in [0.717, 1.165) is 0 Å². The third-order valence-electron chi connectivity index (χ3n) is 4.84. The van der Waals surface area contributed by atoms with Crippen molar-refractivity contribution in [3.05, 3.63) is 18.6 Å². The molecule has 0 spiro atoms. The summed E-state index contributed by atoms with van der Waals surface area (Å²) in [5.41, 5.74) is 7.22. The summed E-state index contributed by atoms with van der Waals surface area (Å²) < 4.78 is 25.4. The second-order valence-corrected chi connectivity index (χ2v) is 6.02. The molecule has 2 aliphatic rings. The number of imidazole rings is 1. The quantitative estimate of drug-likeness (QED) is 0.887. The molecular weight excluding hydrogens is 300 g/mol. The van der Waals surface area contributed by atoms with Gasteiger partial charge >= 0.3 is 0 Å². The predicted molar refractivity (Wildman–Crippen MR) is 81.8 cm³/mol. The van der Waals surface area contributed by atoms with E-state index in [4.69, 9.17) is 24.7 Å². The molecule has 8 nitrogen and oxygen atoms in total. The van der Waals surface area contributed by atoms with Gasteiger partial charge in [-0.25, -0.2) is 9.97 Å². The van der Waals surface area contributed by atoms with Crippen LogP contribution in [0.25, 0.3) is 11.2 Å². The number of nitrogens with zero attached hydrogens (tertiary/aromatic N) is 3. The van der Waals surface area contributed by atoms with Crippen LogP contribution in [0.3, 0.4) is 0 Å². The molecule has 4 rings (SSSR count). The third kappa shape index (κ3) is 1.86. The maximum atomic E-state index is 6.36. The second kappa shape index (κ2) is 5.13. The monoisotopic (exact) mass is 320 g/mol. The predicted octanol–water partition coefficient (Wildman–Crippen LogP) is 0.730. The van der Waals surface area contributed by atoms with E-state index in [0.29, 0.717) is 23.5 Å². The van der Waals surface area contributed by atoms with Gasteiger partial charge < -0.3 is 24.7 Å². The number of anilines is 1. The average Bonchev–Trinajstić information content (AvgIpc) is 3.15. The zero-order valence-electron chi connectivity index (χ0n) is 13.3. The van der Waals surface area contributed by atoms with Crippen LogP contribution in [0.2, 0.25) is 0 Å². The van der Waals surface area contributed by atoms with Crippen LogP contribution in [0, 0.1) is 0 Å². The van der Waals surface area contributed by atoms with Crippen LogP contribution in [-0.2, 0) is 18.9 Å². The fourth-order valence-electron chi connectivity index (χ4n) is 3.75. The molecule has 2 unspecified atom stereocenters. The molecule has 0 amide bonds. The minimum Gasteiger partial charge on any atom is -0.397 e. The minimum atomic E-state index is -0.643. The smallest absolute Gasteiger partial charge is 0.166 e. The fraction of sp³-hybridized carbons (Fsp3) is 0.600.